The summed E-state index contributed by atoms with van der Waals surface area (Å²) in [6.07, 6.45) is 1.88. The predicted molar refractivity (Wildman–Crippen MR) is 56.5 cm³/mol. The van der Waals surface area contributed by atoms with Gasteiger partial charge in [-0.05, 0) is 0 Å². The number of nitrogens with zero attached hydrogens (tertiary/aromatic N) is 2. The van der Waals surface area contributed by atoms with Gasteiger partial charge in [-0.3, -0.25) is 4.79 Å². The summed E-state index contributed by atoms with van der Waals surface area (Å²) in [5, 5.41) is 4.98. The summed E-state index contributed by atoms with van der Waals surface area (Å²) in [6.45, 7) is 1.79. The van der Waals surface area contributed by atoms with E-state index in [0.29, 0.717) is 24.6 Å². The SMILES string of the molecule is Cn1ccsc1=NC(=O)C1COCCN1. The molecule has 5 nitrogen and oxygen atoms in total. The lowest BCUT2D eigenvalue weighted by molar-refractivity contribution is -0.122. The normalized spacial score (nSPS) is 23.0. The Morgan fingerprint density at radius 2 is 2.67 bits per heavy atom. The molecular weight excluding hydrogens is 214 g/mol. The fourth-order valence-corrected chi connectivity index (χ4v) is 2.07. The highest BCUT2D eigenvalue weighted by Crippen LogP contribution is 1.96. The molecule has 1 unspecified atom stereocenters. The van der Waals surface area contributed by atoms with Crippen molar-refractivity contribution in [1.82, 2.24) is 9.88 Å². The number of nitrogens with one attached hydrogen (secondary N) is 1. The maximum absolute atomic E-state index is 11.7. The fraction of sp³-hybridized carbons (Fsp3) is 0.556. The summed E-state index contributed by atoms with van der Waals surface area (Å²) in [6, 6.07) is -0.291. The van der Waals surface area contributed by atoms with Crippen LogP contribution in [0, 0.1) is 0 Å². The smallest absolute Gasteiger partial charge is 0.267 e. The van der Waals surface area contributed by atoms with Crippen LogP contribution in [0.2, 0.25) is 0 Å². The number of aromatic nitrogens is 1. The second-order valence-electron chi connectivity index (χ2n) is 3.33. The number of amides is 1. The number of carbonyl (C=O) groups is 1. The molecule has 82 valence electrons. The molecule has 1 N–H and O–H groups in total. The van der Waals surface area contributed by atoms with Crippen molar-refractivity contribution in [2.75, 3.05) is 19.8 Å². The zero-order valence-electron chi connectivity index (χ0n) is 8.47. The number of thiazole rings is 1. The maximum Gasteiger partial charge on any atom is 0.267 e. The molecule has 1 aliphatic heterocycles. The van der Waals surface area contributed by atoms with Crippen molar-refractivity contribution < 1.29 is 9.53 Å². The predicted octanol–water partition coefficient (Wildman–Crippen LogP) is -0.498. The van der Waals surface area contributed by atoms with Gasteiger partial charge in [-0.25, -0.2) is 0 Å². The van der Waals surface area contributed by atoms with Gasteiger partial charge in [0, 0.05) is 25.2 Å². The van der Waals surface area contributed by atoms with Gasteiger partial charge < -0.3 is 14.6 Å². The summed E-state index contributed by atoms with van der Waals surface area (Å²) in [5.41, 5.74) is 0. The van der Waals surface area contributed by atoms with Crippen LogP contribution in [0.3, 0.4) is 0 Å². The number of hydrogen-bond donors (Lipinski definition) is 1. The minimum Gasteiger partial charge on any atom is -0.378 e. The second-order valence-corrected chi connectivity index (χ2v) is 4.20. The van der Waals surface area contributed by atoms with Crippen LogP contribution in [0.5, 0.6) is 0 Å². The molecule has 1 fully saturated rings. The van der Waals surface area contributed by atoms with Crippen molar-refractivity contribution in [3.8, 4) is 0 Å². The van der Waals surface area contributed by atoms with Crippen molar-refractivity contribution >= 4 is 17.2 Å². The van der Waals surface area contributed by atoms with Crippen LogP contribution in [0.25, 0.3) is 0 Å². The molecular formula is C9H13N3O2S. The first-order chi connectivity index (χ1) is 7.27. The zero-order chi connectivity index (χ0) is 10.7. The molecule has 1 aromatic heterocycles. The van der Waals surface area contributed by atoms with Gasteiger partial charge in [-0.15, -0.1) is 11.3 Å². The molecule has 0 saturated carbocycles. The summed E-state index contributed by atoms with van der Waals surface area (Å²) in [7, 11) is 1.87. The third kappa shape index (κ3) is 2.53. The van der Waals surface area contributed by atoms with Gasteiger partial charge in [0.15, 0.2) is 4.80 Å². The van der Waals surface area contributed by atoms with E-state index in [1.165, 1.54) is 11.3 Å². The molecule has 0 spiro atoms. The van der Waals surface area contributed by atoms with Crippen LogP contribution in [0.4, 0.5) is 0 Å². The Morgan fingerprint density at radius 3 is 3.27 bits per heavy atom. The first kappa shape index (κ1) is 10.5. The number of morpholine rings is 1. The number of carbonyl (C=O) groups excluding carboxylic acids is 1. The van der Waals surface area contributed by atoms with Gasteiger partial charge in [0.25, 0.3) is 5.91 Å². The quantitative estimate of drug-likeness (QED) is 0.704. The number of hydrogen-bond acceptors (Lipinski definition) is 4. The number of aryl methyl sites for hydroxylation is 1. The fourth-order valence-electron chi connectivity index (χ4n) is 1.33. The molecule has 0 aliphatic carbocycles. The van der Waals surface area contributed by atoms with Crippen LogP contribution in [0.15, 0.2) is 16.6 Å². The molecule has 0 radical (unpaired) electrons. The molecule has 2 heterocycles. The largest absolute Gasteiger partial charge is 0.378 e. The Labute approximate surface area is 91.4 Å². The number of rotatable bonds is 1. The summed E-state index contributed by atoms with van der Waals surface area (Å²) in [5.74, 6) is -0.159. The zero-order valence-corrected chi connectivity index (χ0v) is 9.29. The Kier molecular flexibility index (Phi) is 3.30. The molecule has 2 rings (SSSR count). The third-order valence-corrected chi connectivity index (χ3v) is 3.03. The van der Waals surface area contributed by atoms with Gasteiger partial charge in [0.1, 0.15) is 6.04 Å². The van der Waals surface area contributed by atoms with Crippen LogP contribution in [-0.2, 0) is 16.6 Å². The van der Waals surface area contributed by atoms with Crippen LogP contribution >= 0.6 is 11.3 Å². The van der Waals surface area contributed by atoms with E-state index in [4.69, 9.17) is 4.74 Å². The number of ether oxygens (including phenoxy) is 1. The summed E-state index contributed by atoms with van der Waals surface area (Å²) in [4.78, 5) is 16.5. The van der Waals surface area contributed by atoms with Gasteiger partial charge in [-0.2, -0.15) is 4.99 Å². The molecule has 1 amide bonds. The third-order valence-electron chi connectivity index (χ3n) is 2.19. The van der Waals surface area contributed by atoms with Gasteiger partial charge in [0.05, 0.1) is 13.2 Å². The highest BCUT2D eigenvalue weighted by Gasteiger charge is 2.20. The van der Waals surface area contributed by atoms with E-state index < -0.39 is 0 Å². The van der Waals surface area contributed by atoms with Gasteiger partial charge >= 0.3 is 0 Å². The molecule has 15 heavy (non-hydrogen) atoms. The van der Waals surface area contributed by atoms with E-state index in [-0.39, 0.29) is 11.9 Å². The molecule has 1 aromatic rings. The van der Waals surface area contributed by atoms with E-state index in [2.05, 4.69) is 10.3 Å². The first-order valence-electron chi connectivity index (χ1n) is 4.77. The Balaban J connectivity index is 2.12. The Hall–Kier alpha value is -0.980. The summed E-state index contributed by atoms with van der Waals surface area (Å²) >= 11 is 1.45. The first-order valence-corrected chi connectivity index (χ1v) is 5.65. The molecule has 1 aliphatic rings. The Bertz CT molecular complexity index is 403. The van der Waals surface area contributed by atoms with Gasteiger partial charge in [-0.1, -0.05) is 0 Å². The van der Waals surface area contributed by atoms with Crippen molar-refractivity contribution in [1.29, 1.82) is 0 Å². The van der Waals surface area contributed by atoms with Gasteiger partial charge in [0.2, 0.25) is 0 Å². The van der Waals surface area contributed by atoms with Crippen molar-refractivity contribution in [2.45, 2.75) is 6.04 Å². The van der Waals surface area contributed by atoms with Crippen molar-refractivity contribution in [3.63, 3.8) is 0 Å². The highest BCUT2D eigenvalue weighted by atomic mass is 32.1. The van der Waals surface area contributed by atoms with E-state index >= 15 is 0 Å². The average molecular weight is 227 g/mol. The molecule has 1 saturated heterocycles. The monoisotopic (exact) mass is 227 g/mol. The summed E-state index contributed by atoms with van der Waals surface area (Å²) < 4.78 is 7.03. The second kappa shape index (κ2) is 4.69. The van der Waals surface area contributed by atoms with Crippen molar-refractivity contribution in [2.24, 2.45) is 12.0 Å². The highest BCUT2D eigenvalue weighted by molar-refractivity contribution is 7.07. The topological polar surface area (TPSA) is 55.6 Å². The maximum atomic E-state index is 11.7. The van der Waals surface area contributed by atoms with E-state index in [0.717, 1.165) is 0 Å². The molecule has 0 bridgehead atoms. The molecule has 6 heteroatoms. The molecule has 1 atom stereocenters. The van der Waals surface area contributed by atoms with Crippen molar-refractivity contribution in [3.05, 3.63) is 16.4 Å². The average Bonchev–Trinajstić information content (AvgIpc) is 2.66. The lowest BCUT2D eigenvalue weighted by Gasteiger charge is -2.20. The van der Waals surface area contributed by atoms with E-state index in [1.54, 1.807) is 0 Å². The lowest BCUT2D eigenvalue weighted by Crippen LogP contribution is -2.46. The van der Waals surface area contributed by atoms with E-state index in [9.17, 15) is 4.79 Å². The molecule has 0 aromatic carbocycles. The van der Waals surface area contributed by atoms with E-state index in [1.807, 2.05) is 23.2 Å². The minimum atomic E-state index is -0.291. The lowest BCUT2D eigenvalue weighted by atomic mass is 10.3. The van der Waals surface area contributed by atoms with Crippen LogP contribution in [0.1, 0.15) is 0 Å². The standard InChI is InChI=1S/C9H13N3O2S/c1-12-3-5-15-9(12)11-8(13)7-6-14-4-2-10-7/h3,5,7,10H,2,4,6H2,1H3. The van der Waals surface area contributed by atoms with Crippen LogP contribution < -0.4 is 10.1 Å². The Morgan fingerprint density at radius 1 is 1.80 bits per heavy atom. The van der Waals surface area contributed by atoms with Crippen LogP contribution in [-0.4, -0.2) is 36.3 Å². The minimum absolute atomic E-state index is 0.159.